The number of amides is 1. The first-order valence-corrected chi connectivity index (χ1v) is 10.1. The Bertz CT molecular complexity index is 992. The van der Waals surface area contributed by atoms with E-state index in [1.54, 1.807) is 30.0 Å². The maximum absolute atomic E-state index is 13.1. The molecule has 1 heterocycles. The molecule has 2 aromatic carbocycles. The number of ketones is 1. The lowest BCUT2D eigenvalue weighted by atomic mass is 9.86. The Labute approximate surface area is 176 Å². The number of nitrogens with zero attached hydrogens (tertiary/aromatic N) is 3. The summed E-state index contributed by atoms with van der Waals surface area (Å²) in [5.41, 5.74) is 3.69. The van der Waals surface area contributed by atoms with Crippen molar-refractivity contribution >= 4 is 23.1 Å². The summed E-state index contributed by atoms with van der Waals surface area (Å²) in [5, 5.41) is 11.2. The van der Waals surface area contributed by atoms with Crippen LogP contribution in [0, 0.1) is 29.9 Å². The zero-order valence-corrected chi connectivity index (χ0v) is 17.8. The molecule has 158 valence electrons. The number of carbonyl (C=O) groups excluding carboxylic acids is 2. The quantitative estimate of drug-likeness (QED) is 0.423. The monoisotopic (exact) mass is 409 g/mol. The average molecular weight is 409 g/mol. The van der Waals surface area contributed by atoms with E-state index in [0.717, 1.165) is 16.7 Å². The molecule has 0 bridgehead atoms. The minimum absolute atomic E-state index is 0.108. The van der Waals surface area contributed by atoms with Crippen LogP contribution in [0.25, 0.3) is 0 Å². The van der Waals surface area contributed by atoms with Crippen molar-refractivity contribution in [1.82, 2.24) is 4.90 Å². The smallest absolute Gasteiger partial charge is 0.270 e. The molecular weight excluding hydrogens is 382 g/mol. The number of hydrogen-bond acceptors (Lipinski definition) is 5. The first-order valence-electron chi connectivity index (χ1n) is 10.1. The third-order valence-electron chi connectivity index (χ3n) is 5.70. The molecule has 0 aliphatic carbocycles. The Morgan fingerprint density at radius 1 is 1.03 bits per heavy atom. The molecule has 1 aliphatic heterocycles. The number of rotatable bonds is 5. The van der Waals surface area contributed by atoms with E-state index < -0.39 is 4.92 Å². The van der Waals surface area contributed by atoms with E-state index in [2.05, 4.69) is 0 Å². The van der Waals surface area contributed by atoms with Crippen molar-refractivity contribution < 1.29 is 14.5 Å². The van der Waals surface area contributed by atoms with Crippen molar-refractivity contribution in [3.8, 4) is 0 Å². The fourth-order valence-corrected chi connectivity index (χ4v) is 4.02. The Hall–Kier alpha value is -3.22. The van der Waals surface area contributed by atoms with Gasteiger partial charge >= 0.3 is 0 Å². The molecular formula is C23H27N3O4. The molecule has 0 spiro atoms. The number of nitro benzene ring substituents is 1. The fourth-order valence-electron chi connectivity index (χ4n) is 4.02. The van der Waals surface area contributed by atoms with Gasteiger partial charge in [0.05, 0.1) is 10.5 Å². The maximum Gasteiger partial charge on any atom is 0.270 e. The summed E-state index contributed by atoms with van der Waals surface area (Å²) in [6, 6.07) is 10.2. The number of likely N-dealkylation sites (tertiary alicyclic amines) is 1. The third kappa shape index (κ3) is 4.35. The first-order chi connectivity index (χ1) is 14.2. The lowest BCUT2D eigenvalue weighted by Crippen LogP contribution is -2.40. The summed E-state index contributed by atoms with van der Waals surface area (Å²) in [7, 11) is 3.60. The Balaban J connectivity index is 1.75. The molecule has 0 unspecified atom stereocenters. The van der Waals surface area contributed by atoms with Gasteiger partial charge < -0.3 is 9.80 Å². The minimum atomic E-state index is -0.495. The van der Waals surface area contributed by atoms with Crippen LogP contribution in [0.15, 0.2) is 36.4 Å². The molecule has 0 N–H and O–H groups in total. The van der Waals surface area contributed by atoms with Gasteiger partial charge in [-0.25, -0.2) is 0 Å². The van der Waals surface area contributed by atoms with E-state index in [0.29, 0.717) is 37.2 Å². The topological polar surface area (TPSA) is 83.8 Å². The van der Waals surface area contributed by atoms with Crippen molar-refractivity contribution in [2.75, 3.05) is 32.1 Å². The molecule has 7 nitrogen and oxygen atoms in total. The number of anilines is 1. The van der Waals surface area contributed by atoms with Crippen molar-refractivity contribution in [3.05, 3.63) is 68.8 Å². The molecule has 3 rings (SSSR count). The lowest BCUT2D eigenvalue weighted by molar-refractivity contribution is -0.384. The number of nitro groups is 1. The second-order valence-electron chi connectivity index (χ2n) is 8.10. The summed E-state index contributed by atoms with van der Waals surface area (Å²) in [6.07, 6.45) is 1.17. The molecule has 0 radical (unpaired) electrons. The van der Waals surface area contributed by atoms with Crippen LogP contribution >= 0.6 is 0 Å². The van der Waals surface area contributed by atoms with E-state index in [9.17, 15) is 19.7 Å². The van der Waals surface area contributed by atoms with E-state index in [1.165, 1.54) is 12.1 Å². The minimum Gasteiger partial charge on any atom is -0.377 e. The molecule has 1 fully saturated rings. The van der Waals surface area contributed by atoms with Crippen LogP contribution < -0.4 is 4.90 Å². The Kier molecular flexibility index (Phi) is 6.20. The molecule has 0 aromatic heterocycles. The first kappa shape index (κ1) is 21.5. The molecule has 1 aliphatic rings. The van der Waals surface area contributed by atoms with Gasteiger partial charge in [0.15, 0.2) is 5.78 Å². The highest BCUT2D eigenvalue weighted by Crippen LogP contribution is 2.29. The molecule has 7 heteroatoms. The third-order valence-corrected chi connectivity index (χ3v) is 5.70. The zero-order chi connectivity index (χ0) is 22.0. The Morgan fingerprint density at radius 3 is 2.27 bits per heavy atom. The van der Waals surface area contributed by atoms with Crippen LogP contribution in [0.4, 0.5) is 11.4 Å². The van der Waals surface area contributed by atoms with E-state index in [4.69, 9.17) is 0 Å². The van der Waals surface area contributed by atoms with E-state index in [1.807, 2.05) is 32.0 Å². The zero-order valence-electron chi connectivity index (χ0n) is 17.8. The van der Waals surface area contributed by atoms with Crippen LogP contribution in [0.5, 0.6) is 0 Å². The van der Waals surface area contributed by atoms with E-state index in [-0.39, 0.29) is 23.3 Å². The largest absolute Gasteiger partial charge is 0.377 e. The van der Waals surface area contributed by atoms with Crippen LogP contribution in [0.2, 0.25) is 0 Å². The molecule has 0 saturated carbocycles. The van der Waals surface area contributed by atoms with Crippen LogP contribution in [-0.2, 0) is 0 Å². The number of hydrogen-bond donors (Lipinski definition) is 0. The molecule has 1 amide bonds. The van der Waals surface area contributed by atoms with Crippen LogP contribution in [0.3, 0.4) is 0 Å². The Morgan fingerprint density at radius 2 is 1.70 bits per heavy atom. The highest BCUT2D eigenvalue weighted by Gasteiger charge is 2.30. The molecule has 1 saturated heterocycles. The highest BCUT2D eigenvalue weighted by atomic mass is 16.6. The van der Waals surface area contributed by atoms with Crippen LogP contribution in [0.1, 0.15) is 44.7 Å². The summed E-state index contributed by atoms with van der Waals surface area (Å²) in [5.74, 6) is -0.224. The predicted molar refractivity (Wildman–Crippen MR) is 116 cm³/mol. The number of Topliss-reactive ketones (excluding diaryl/α,β-unsaturated/α-hetero) is 1. The number of aryl methyl sites for hydroxylation is 2. The van der Waals surface area contributed by atoms with Crippen molar-refractivity contribution in [1.29, 1.82) is 0 Å². The predicted octanol–water partition coefficient (Wildman–Crippen LogP) is 4.01. The fraction of sp³-hybridized carbons (Fsp3) is 0.391. The summed E-state index contributed by atoms with van der Waals surface area (Å²) in [6.45, 7) is 4.86. The van der Waals surface area contributed by atoms with Gasteiger partial charge in [-0.05, 0) is 38.3 Å². The van der Waals surface area contributed by atoms with Crippen molar-refractivity contribution in [3.63, 3.8) is 0 Å². The van der Waals surface area contributed by atoms with Gasteiger partial charge in [0, 0.05) is 56.5 Å². The van der Waals surface area contributed by atoms with Crippen molar-refractivity contribution in [2.24, 2.45) is 5.92 Å². The lowest BCUT2D eigenvalue weighted by Gasteiger charge is -2.32. The average Bonchev–Trinajstić information content (AvgIpc) is 2.72. The van der Waals surface area contributed by atoms with Gasteiger partial charge in [0.1, 0.15) is 0 Å². The highest BCUT2D eigenvalue weighted by molar-refractivity contribution is 6.01. The molecule has 0 atom stereocenters. The van der Waals surface area contributed by atoms with Crippen LogP contribution in [-0.4, -0.2) is 48.7 Å². The summed E-state index contributed by atoms with van der Waals surface area (Å²) >= 11 is 0. The normalized spacial score (nSPS) is 14.5. The number of non-ortho nitro benzene ring substituents is 1. The van der Waals surface area contributed by atoms with Gasteiger partial charge in [-0.15, -0.1) is 0 Å². The number of benzene rings is 2. The number of piperidine rings is 1. The SMILES string of the molecule is Cc1ccc(C(=O)C2CCN(C(=O)c3cc([N+](=O)[O-])ccc3N(C)C)CC2)c(C)c1. The maximum atomic E-state index is 13.1. The van der Waals surface area contributed by atoms with Gasteiger partial charge in [0.25, 0.3) is 11.6 Å². The van der Waals surface area contributed by atoms with Gasteiger partial charge in [-0.1, -0.05) is 23.8 Å². The molecule has 2 aromatic rings. The van der Waals surface area contributed by atoms with Gasteiger partial charge in [-0.3, -0.25) is 19.7 Å². The standard InChI is InChI=1S/C23H27N3O4/c1-15-5-7-19(16(2)13-15)22(27)17-9-11-25(12-10-17)23(28)20-14-18(26(29)30)6-8-21(20)24(3)4/h5-8,13-14,17H,9-12H2,1-4H3. The van der Waals surface area contributed by atoms with Crippen molar-refractivity contribution in [2.45, 2.75) is 26.7 Å². The van der Waals surface area contributed by atoms with E-state index >= 15 is 0 Å². The summed E-state index contributed by atoms with van der Waals surface area (Å²) < 4.78 is 0. The van der Waals surface area contributed by atoms with Gasteiger partial charge in [-0.2, -0.15) is 0 Å². The molecule has 30 heavy (non-hydrogen) atoms. The van der Waals surface area contributed by atoms with Gasteiger partial charge in [0.2, 0.25) is 0 Å². The number of carbonyl (C=O) groups is 2. The second-order valence-corrected chi connectivity index (χ2v) is 8.10. The summed E-state index contributed by atoms with van der Waals surface area (Å²) in [4.78, 5) is 40.2. The second kappa shape index (κ2) is 8.65.